The van der Waals surface area contributed by atoms with Crippen molar-refractivity contribution in [2.45, 2.75) is 12.1 Å². The van der Waals surface area contributed by atoms with E-state index in [4.69, 9.17) is 25.5 Å². The van der Waals surface area contributed by atoms with Gasteiger partial charge in [0, 0.05) is 16.3 Å². The van der Waals surface area contributed by atoms with Gasteiger partial charge in [-0.3, -0.25) is 4.79 Å². The minimum absolute atomic E-state index is 0.135. The number of amides is 1. The lowest BCUT2D eigenvalue weighted by atomic mass is 10.2. The van der Waals surface area contributed by atoms with Crippen LogP contribution in [-0.2, 0) is 4.79 Å². The molecule has 0 saturated carbocycles. The van der Waals surface area contributed by atoms with Gasteiger partial charge in [0.2, 0.25) is 11.8 Å². The van der Waals surface area contributed by atoms with E-state index in [2.05, 4.69) is 15.5 Å². The highest BCUT2D eigenvalue weighted by atomic mass is 35.5. The average molecular weight is 420 g/mol. The minimum atomic E-state index is -0.179. The molecule has 7 nitrogen and oxygen atoms in total. The van der Waals surface area contributed by atoms with Crippen molar-refractivity contribution in [1.82, 2.24) is 10.2 Å². The summed E-state index contributed by atoms with van der Waals surface area (Å²) in [6.07, 6.45) is 0. The third-order valence-corrected chi connectivity index (χ3v) is 4.88. The van der Waals surface area contributed by atoms with Crippen LogP contribution < -0.4 is 14.8 Å². The number of aromatic nitrogens is 2. The summed E-state index contributed by atoms with van der Waals surface area (Å²) in [6.45, 7) is 1.88. The van der Waals surface area contributed by atoms with Gasteiger partial charge in [-0.1, -0.05) is 23.4 Å². The van der Waals surface area contributed by atoms with Crippen LogP contribution in [-0.4, -0.2) is 36.1 Å². The maximum absolute atomic E-state index is 12.2. The summed E-state index contributed by atoms with van der Waals surface area (Å²) in [6, 6.07) is 10.6. The number of hydrogen-bond acceptors (Lipinski definition) is 7. The zero-order valence-electron chi connectivity index (χ0n) is 15.5. The first kappa shape index (κ1) is 20.0. The van der Waals surface area contributed by atoms with Gasteiger partial charge in [0.15, 0.2) is 11.5 Å². The van der Waals surface area contributed by atoms with E-state index in [9.17, 15) is 4.79 Å². The summed E-state index contributed by atoms with van der Waals surface area (Å²) in [5.41, 5.74) is 2.30. The van der Waals surface area contributed by atoms with Gasteiger partial charge in [0.1, 0.15) is 0 Å². The molecule has 0 aliphatic carbocycles. The van der Waals surface area contributed by atoms with Crippen LogP contribution in [0.25, 0.3) is 11.5 Å². The predicted molar refractivity (Wildman–Crippen MR) is 108 cm³/mol. The van der Waals surface area contributed by atoms with Crippen molar-refractivity contribution in [2.75, 3.05) is 25.3 Å². The lowest BCUT2D eigenvalue weighted by Crippen LogP contribution is -2.14. The number of ether oxygens (including phenoxy) is 2. The second-order valence-electron chi connectivity index (χ2n) is 5.74. The van der Waals surface area contributed by atoms with E-state index in [1.807, 2.05) is 6.92 Å². The van der Waals surface area contributed by atoms with Crippen LogP contribution in [0.2, 0.25) is 5.02 Å². The summed E-state index contributed by atoms with van der Waals surface area (Å²) >= 11 is 7.08. The number of hydrogen-bond donors (Lipinski definition) is 1. The summed E-state index contributed by atoms with van der Waals surface area (Å²) in [5, 5.41) is 11.8. The minimum Gasteiger partial charge on any atom is -0.493 e. The molecule has 0 fully saturated rings. The molecule has 0 radical (unpaired) electrons. The standard InChI is InChI=1S/C19H18ClN3O4S/c1-11-8-13(20)5-6-14(11)21-17(24)10-28-19-23-22-18(27-19)12-4-7-15(25-2)16(9-12)26-3/h4-9H,10H2,1-3H3,(H,21,24). The van der Waals surface area contributed by atoms with E-state index >= 15 is 0 Å². The van der Waals surface area contributed by atoms with Crippen molar-refractivity contribution in [1.29, 1.82) is 0 Å². The summed E-state index contributed by atoms with van der Waals surface area (Å²) < 4.78 is 16.1. The van der Waals surface area contributed by atoms with Crippen LogP contribution in [0.5, 0.6) is 11.5 Å². The molecule has 146 valence electrons. The van der Waals surface area contributed by atoms with Crippen molar-refractivity contribution < 1.29 is 18.7 Å². The molecule has 3 rings (SSSR count). The number of carbonyl (C=O) groups is 1. The maximum Gasteiger partial charge on any atom is 0.277 e. The highest BCUT2D eigenvalue weighted by Crippen LogP contribution is 2.32. The molecule has 0 saturated heterocycles. The van der Waals surface area contributed by atoms with Crippen molar-refractivity contribution in [3.63, 3.8) is 0 Å². The lowest BCUT2D eigenvalue weighted by Gasteiger charge is -2.08. The molecule has 2 aromatic carbocycles. The van der Waals surface area contributed by atoms with Crippen molar-refractivity contribution in [3.8, 4) is 23.0 Å². The normalized spacial score (nSPS) is 10.6. The maximum atomic E-state index is 12.2. The van der Waals surface area contributed by atoms with E-state index in [0.717, 1.165) is 17.3 Å². The molecule has 0 atom stereocenters. The Morgan fingerprint density at radius 2 is 1.93 bits per heavy atom. The van der Waals surface area contributed by atoms with Crippen LogP contribution in [0.3, 0.4) is 0 Å². The van der Waals surface area contributed by atoms with Crippen LogP contribution in [0.1, 0.15) is 5.56 Å². The third-order valence-electron chi connectivity index (χ3n) is 3.83. The third kappa shape index (κ3) is 4.76. The summed E-state index contributed by atoms with van der Waals surface area (Å²) in [7, 11) is 3.12. The number of carbonyl (C=O) groups excluding carboxylic acids is 1. The van der Waals surface area contributed by atoms with Gasteiger partial charge in [-0.25, -0.2) is 0 Å². The zero-order valence-corrected chi connectivity index (χ0v) is 17.1. The van der Waals surface area contributed by atoms with Gasteiger partial charge < -0.3 is 19.2 Å². The molecule has 0 unspecified atom stereocenters. The zero-order chi connectivity index (χ0) is 20.1. The number of anilines is 1. The summed E-state index contributed by atoms with van der Waals surface area (Å²) in [5.74, 6) is 1.45. The van der Waals surface area contributed by atoms with Crippen LogP contribution in [0.15, 0.2) is 46.0 Å². The van der Waals surface area contributed by atoms with E-state index in [1.165, 1.54) is 0 Å². The molecule has 0 aliphatic rings. The first-order valence-corrected chi connectivity index (χ1v) is 9.61. The van der Waals surface area contributed by atoms with Gasteiger partial charge in [0.05, 0.1) is 20.0 Å². The molecule has 1 N–H and O–H groups in total. The predicted octanol–water partition coefficient (Wildman–Crippen LogP) is 4.45. The monoisotopic (exact) mass is 419 g/mol. The highest BCUT2D eigenvalue weighted by molar-refractivity contribution is 7.99. The Morgan fingerprint density at radius 1 is 1.14 bits per heavy atom. The Kier molecular flexibility index (Phi) is 6.43. The van der Waals surface area contributed by atoms with Gasteiger partial charge >= 0.3 is 0 Å². The van der Waals surface area contributed by atoms with E-state index in [0.29, 0.717) is 38.9 Å². The number of thioether (sulfide) groups is 1. The Morgan fingerprint density at radius 3 is 2.64 bits per heavy atom. The number of halogens is 1. The summed E-state index contributed by atoms with van der Waals surface area (Å²) in [4.78, 5) is 12.2. The number of aryl methyl sites for hydroxylation is 1. The second-order valence-corrected chi connectivity index (χ2v) is 7.10. The second kappa shape index (κ2) is 8.99. The molecule has 0 spiro atoms. The van der Waals surface area contributed by atoms with Crippen molar-refractivity contribution >= 4 is 35.0 Å². The Bertz CT molecular complexity index is 993. The Balaban J connectivity index is 1.62. The number of benzene rings is 2. The number of rotatable bonds is 7. The molecule has 0 bridgehead atoms. The Hall–Kier alpha value is -2.71. The molecular weight excluding hydrogens is 402 g/mol. The fraction of sp³-hybridized carbons (Fsp3) is 0.211. The van der Waals surface area contributed by atoms with Gasteiger partial charge in [-0.2, -0.15) is 0 Å². The van der Waals surface area contributed by atoms with Crippen molar-refractivity contribution in [2.24, 2.45) is 0 Å². The lowest BCUT2D eigenvalue weighted by molar-refractivity contribution is -0.113. The first-order valence-electron chi connectivity index (χ1n) is 8.25. The smallest absolute Gasteiger partial charge is 0.277 e. The fourth-order valence-corrected chi connectivity index (χ4v) is 3.22. The van der Waals surface area contributed by atoms with Crippen LogP contribution in [0.4, 0.5) is 5.69 Å². The van der Waals surface area contributed by atoms with E-state index < -0.39 is 0 Å². The van der Waals surface area contributed by atoms with E-state index in [-0.39, 0.29) is 11.7 Å². The first-order chi connectivity index (χ1) is 13.5. The SMILES string of the molecule is COc1ccc(-c2nnc(SCC(=O)Nc3ccc(Cl)cc3C)o2)cc1OC. The molecule has 3 aromatic rings. The molecule has 28 heavy (non-hydrogen) atoms. The molecule has 1 heterocycles. The molecule has 1 aromatic heterocycles. The van der Waals surface area contributed by atoms with Crippen LogP contribution >= 0.6 is 23.4 Å². The number of nitrogens with zero attached hydrogens (tertiary/aromatic N) is 2. The highest BCUT2D eigenvalue weighted by Gasteiger charge is 2.14. The van der Waals surface area contributed by atoms with Crippen molar-refractivity contribution in [3.05, 3.63) is 47.0 Å². The average Bonchev–Trinajstić information content (AvgIpc) is 3.17. The van der Waals surface area contributed by atoms with Gasteiger partial charge in [-0.05, 0) is 48.9 Å². The quantitative estimate of drug-likeness (QED) is 0.566. The van der Waals surface area contributed by atoms with Crippen LogP contribution in [0, 0.1) is 6.92 Å². The number of methoxy groups -OCH3 is 2. The molecule has 0 aliphatic heterocycles. The molecule has 1 amide bonds. The largest absolute Gasteiger partial charge is 0.493 e. The molecular formula is C19H18ClN3O4S. The van der Waals surface area contributed by atoms with Gasteiger partial charge in [0.25, 0.3) is 5.22 Å². The topological polar surface area (TPSA) is 86.5 Å². The number of nitrogens with one attached hydrogen (secondary N) is 1. The Labute approximate surface area is 171 Å². The molecule has 9 heteroatoms. The van der Waals surface area contributed by atoms with E-state index in [1.54, 1.807) is 50.6 Å². The van der Waals surface area contributed by atoms with Gasteiger partial charge in [-0.15, -0.1) is 10.2 Å². The fourth-order valence-electron chi connectivity index (χ4n) is 2.43.